The van der Waals surface area contributed by atoms with E-state index in [0.717, 1.165) is 11.3 Å². The molecule has 2 aromatic carbocycles. The Morgan fingerprint density at radius 3 is 2.67 bits per heavy atom. The summed E-state index contributed by atoms with van der Waals surface area (Å²) in [6.07, 6.45) is 0. The van der Waals surface area contributed by atoms with Crippen molar-refractivity contribution in [3.63, 3.8) is 0 Å². The number of aryl methyl sites for hydroxylation is 1. The van der Waals surface area contributed by atoms with Crippen LogP contribution in [0.4, 0.5) is 11.4 Å². The highest BCUT2D eigenvalue weighted by molar-refractivity contribution is 7.12. The normalized spacial score (nSPS) is 11.3. The van der Waals surface area contributed by atoms with Crippen molar-refractivity contribution in [3.8, 4) is 16.4 Å². The maximum atomic E-state index is 12.9. The fourth-order valence-electron chi connectivity index (χ4n) is 2.81. The smallest absolute Gasteiger partial charge is 0.295 e. The van der Waals surface area contributed by atoms with Gasteiger partial charge < -0.3 is 0 Å². The molecule has 0 amide bonds. The lowest BCUT2D eigenvalue weighted by atomic mass is 10.1. The van der Waals surface area contributed by atoms with Crippen molar-refractivity contribution in [1.82, 2.24) is 14.8 Å². The van der Waals surface area contributed by atoms with Crippen LogP contribution in [0, 0.1) is 6.92 Å². The van der Waals surface area contributed by atoms with Crippen molar-refractivity contribution in [2.24, 2.45) is 10.2 Å². The molecule has 0 saturated carbocycles. The Morgan fingerprint density at radius 2 is 1.93 bits per heavy atom. The van der Waals surface area contributed by atoms with Gasteiger partial charge in [0, 0.05) is 21.5 Å². The third-order valence-corrected chi connectivity index (χ3v) is 5.46. The van der Waals surface area contributed by atoms with Crippen molar-refractivity contribution >= 4 is 40.1 Å². The van der Waals surface area contributed by atoms with Crippen LogP contribution in [0.2, 0.25) is 5.02 Å². The number of thiazole rings is 1. The molecule has 0 spiro atoms. The standard InChI is InChI=1S/C21H16ClN5O2S/c1-12-19(25-24-17-5-3-4-15(10-17)13(2)28)20(29)27(26-12)21-23-18(11-30-21)14-6-8-16(22)9-7-14/h3-11,26H,1-2H3. The summed E-state index contributed by atoms with van der Waals surface area (Å²) in [4.78, 5) is 28.9. The van der Waals surface area contributed by atoms with Crippen molar-refractivity contribution in [1.29, 1.82) is 0 Å². The lowest BCUT2D eigenvalue weighted by molar-refractivity contribution is 0.101. The Morgan fingerprint density at radius 1 is 1.17 bits per heavy atom. The molecule has 1 N–H and O–H groups in total. The van der Waals surface area contributed by atoms with Crippen LogP contribution in [0.15, 0.2) is 68.9 Å². The Hall–Kier alpha value is -3.36. The van der Waals surface area contributed by atoms with Crippen molar-refractivity contribution < 1.29 is 4.79 Å². The number of carbonyl (C=O) groups is 1. The molecule has 0 aliphatic carbocycles. The first-order valence-electron chi connectivity index (χ1n) is 8.98. The van der Waals surface area contributed by atoms with E-state index in [0.29, 0.717) is 27.1 Å². The number of Topliss-reactive ketones (excluding diaryl/α,β-unsaturated/α-hetero) is 1. The molecule has 30 heavy (non-hydrogen) atoms. The number of H-pyrrole nitrogens is 1. The molecule has 2 aromatic heterocycles. The third-order valence-electron chi connectivity index (χ3n) is 4.38. The van der Waals surface area contributed by atoms with E-state index in [1.165, 1.54) is 22.9 Å². The van der Waals surface area contributed by atoms with Crippen LogP contribution in [-0.2, 0) is 0 Å². The van der Waals surface area contributed by atoms with Crippen LogP contribution < -0.4 is 5.56 Å². The second kappa shape index (κ2) is 8.17. The van der Waals surface area contributed by atoms with Gasteiger partial charge >= 0.3 is 5.56 Å². The van der Waals surface area contributed by atoms with Crippen LogP contribution in [-0.4, -0.2) is 20.5 Å². The van der Waals surface area contributed by atoms with Crippen LogP contribution in [0.3, 0.4) is 0 Å². The number of hydrogen-bond donors (Lipinski definition) is 1. The summed E-state index contributed by atoms with van der Waals surface area (Å²) in [7, 11) is 0. The van der Waals surface area contributed by atoms with Crippen LogP contribution in [0.25, 0.3) is 16.4 Å². The number of aromatic amines is 1. The minimum absolute atomic E-state index is 0.0625. The fraction of sp³-hybridized carbons (Fsp3) is 0.0952. The number of benzene rings is 2. The van der Waals surface area contributed by atoms with Crippen molar-refractivity contribution in [2.45, 2.75) is 13.8 Å². The highest BCUT2D eigenvalue weighted by atomic mass is 35.5. The molecule has 0 radical (unpaired) electrons. The summed E-state index contributed by atoms with van der Waals surface area (Å²) in [6, 6.07) is 14.1. The zero-order chi connectivity index (χ0) is 21.3. The summed E-state index contributed by atoms with van der Waals surface area (Å²) < 4.78 is 1.35. The topological polar surface area (TPSA) is 92.5 Å². The van der Waals surface area contributed by atoms with E-state index in [4.69, 9.17) is 11.6 Å². The Bertz CT molecular complexity index is 1320. The van der Waals surface area contributed by atoms with Gasteiger partial charge in [-0.2, -0.15) is 9.80 Å². The number of ketones is 1. The Kier molecular flexibility index (Phi) is 5.43. The molecule has 2 heterocycles. The van der Waals surface area contributed by atoms with Gasteiger partial charge in [-0.1, -0.05) is 35.9 Å². The zero-order valence-electron chi connectivity index (χ0n) is 16.1. The van der Waals surface area contributed by atoms with E-state index in [9.17, 15) is 9.59 Å². The number of nitrogens with zero attached hydrogens (tertiary/aromatic N) is 4. The number of carbonyl (C=O) groups excluding carboxylic acids is 1. The molecular weight excluding hydrogens is 422 g/mol. The average Bonchev–Trinajstić information content (AvgIpc) is 3.32. The molecule has 7 nitrogen and oxygen atoms in total. The molecule has 4 rings (SSSR count). The quantitative estimate of drug-likeness (QED) is 0.312. The second-order valence-corrected chi connectivity index (χ2v) is 7.83. The van der Waals surface area contributed by atoms with E-state index in [1.807, 2.05) is 17.5 Å². The summed E-state index contributed by atoms with van der Waals surface area (Å²) in [5.41, 5.74) is 3.08. The summed E-state index contributed by atoms with van der Waals surface area (Å²) >= 11 is 7.27. The molecule has 0 fully saturated rings. The van der Waals surface area contributed by atoms with Gasteiger partial charge in [0.1, 0.15) is 0 Å². The first-order valence-corrected chi connectivity index (χ1v) is 10.2. The lowest BCUT2D eigenvalue weighted by Crippen LogP contribution is -2.13. The molecular formula is C21H16ClN5O2S. The van der Waals surface area contributed by atoms with Crippen LogP contribution >= 0.6 is 22.9 Å². The molecule has 0 saturated heterocycles. The van der Waals surface area contributed by atoms with Gasteiger partial charge in [-0.15, -0.1) is 16.5 Å². The number of halogens is 1. The number of aromatic nitrogens is 3. The monoisotopic (exact) mass is 437 g/mol. The maximum Gasteiger partial charge on any atom is 0.301 e. The third kappa shape index (κ3) is 4.00. The first-order chi connectivity index (χ1) is 14.4. The molecule has 0 aliphatic heterocycles. The largest absolute Gasteiger partial charge is 0.301 e. The van der Waals surface area contributed by atoms with E-state index in [1.54, 1.807) is 43.3 Å². The van der Waals surface area contributed by atoms with Crippen LogP contribution in [0.1, 0.15) is 23.0 Å². The van der Waals surface area contributed by atoms with Gasteiger partial charge in [-0.3, -0.25) is 14.7 Å². The van der Waals surface area contributed by atoms with E-state index >= 15 is 0 Å². The van der Waals surface area contributed by atoms with Gasteiger partial charge in [0.25, 0.3) is 0 Å². The predicted molar refractivity (Wildman–Crippen MR) is 118 cm³/mol. The fourth-order valence-corrected chi connectivity index (χ4v) is 3.72. The summed E-state index contributed by atoms with van der Waals surface area (Å²) in [6.45, 7) is 3.23. The van der Waals surface area contributed by atoms with E-state index in [-0.39, 0.29) is 17.0 Å². The maximum absolute atomic E-state index is 12.9. The van der Waals surface area contributed by atoms with E-state index < -0.39 is 0 Å². The van der Waals surface area contributed by atoms with Crippen LogP contribution in [0.5, 0.6) is 0 Å². The number of nitrogens with one attached hydrogen (secondary N) is 1. The predicted octanol–water partition coefficient (Wildman–Crippen LogP) is 5.87. The summed E-state index contributed by atoms with van der Waals surface area (Å²) in [5.74, 6) is -0.0625. The molecule has 4 aromatic rings. The van der Waals surface area contributed by atoms with Gasteiger partial charge in [-0.25, -0.2) is 4.98 Å². The molecule has 150 valence electrons. The molecule has 0 atom stereocenters. The van der Waals surface area contributed by atoms with Crippen molar-refractivity contribution in [2.75, 3.05) is 0 Å². The van der Waals surface area contributed by atoms with Gasteiger partial charge in [0.15, 0.2) is 11.5 Å². The molecule has 0 unspecified atom stereocenters. The summed E-state index contributed by atoms with van der Waals surface area (Å²) in [5, 5.41) is 14.2. The molecule has 9 heteroatoms. The Balaban J connectivity index is 1.64. The minimum atomic E-state index is -0.351. The Labute approximate surface area is 180 Å². The lowest BCUT2D eigenvalue weighted by Gasteiger charge is -1.97. The van der Waals surface area contributed by atoms with Gasteiger partial charge in [0.2, 0.25) is 5.13 Å². The molecule has 0 aliphatic rings. The average molecular weight is 438 g/mol. The number of hydrogen-bond acceptors (Lipinski definition) is 6. The number of rotatable bonds is 5. The minimum Gasteiger partial charge on any atom is -0.295 e. The SMILES string of the molecule is CC(=O)c1cccc(N=Nc2c(C)[nH]n(-c3nc(-c4ccc(Cl)cc4)cs3)c2=O)c1. The number of azo groups is 1. The zero-order valence-corrected chi connectivity index (χ0v) is 17.7. The van der Waals surface area contributed by atoms with Gasteiger partial charge in [-0.05, 0) is 38.1 Å². The first kappa shape index (κ1) is 19.9. The molecule has 0 bridgehead atoms. The van der Waals surface area contributed by atoms with E-state index in [2.05, 4.69) is 20.3 Å². The highest BCUT2D eigenvalue weighted by Gasteiger charge is 2.15. The van der Waals surface area contributed by atoms with Crippen molar-refractivity contribution in [3.05, 3.63) is 80.5 Å². The van der Waals surface area contributed by atoms with Gasteiger partial charge in [0.05, 0.1) is 17.1 Å². The highest BCUT2D eigenvalue weighted by Crippen LogP contribution is 2.26. The second-order valence-electron chi connectivity index (χ2n) is 6.55.